The van der Waals surface area contributed by atoms with Crippen molar-refractivity contribution in [3.8, 4) is 0 Å². The number of hydrogen-bond acceptors (Lipinski definition) is 4. The fourth-order valence-corrected chi connectivity index (χ4v) is 3.70. The second-order valence-corrected chi connectivity index (χ2v) is 7.07. The van der Waals surface area contributed by atoms with E-state index < -0.39 is 15.0 Å². The Morgan fingerprint density at radius 3 is 1.45 bits per heavy atom. The predicted octanol–water partition coefficient (Wildman–Crippen LogP) is 1.51. The first kappa shape index (κ1) is 11.3. The van der Waals surface area contributed by atoms with Crippen LogP contribution in [0.1, 0.15) is 0 Å². The zero-order valence-corrected chi connectivity index (χ0v) is 8.82. The van der Waals surface area contributed by atoms with Gasteiger partial charge in [-0.2, -0.15) is 4.86 Å². The highest BCUT2D eigenvalue weighted by Gasteiger charge is 2.24. The highest BCUT2D eigenvalue weighted by molar-refractivity contribution is 7.71. The molecule has 5 nitrogen and oxygen atoms in total. The minimum absolute atomic E-state index is 1.28. The zero-order valence-electron chi connectivity index (χ0n) is 7.03. The molecule has 0 rings (SSSR count). The molecule has 68 valence electrons. The maximum Gasteiger partial charge on any atom is 0.273 e. The molecule has 0 aromatic carbocycles. The molecule has 0 aliphatic carbocycles. The van der Waals surface area contributed by atoms with Gasteiger partial charge in [0, 0.05) is 27.5 Å². The minimum Gasteiger partial charge on any atom is -0.321 e. The highest BCUT2D eigenvalue weighted by atomic mass is 31.2. The van der Waals surface area contributed by atoms with Crippen LogP contribution in [0.4, 0.5) is 0 Å². The van der Waals surface area contributed by atoms with Crippen LogP contribution in [0.2, 0.25) is 0 Å². The summed E-state index contributed by atoms with van der Waals surface area (Å²) in [6.45, 7) is 2.67. The lowest BCUT2D eigenvalue weighted by Crippen LogP contribution is -2.07. The van der Waals surface area contributed by atoms with Crippen LogP contribution in [0, 0.1) is 0 Å². The van der Waals surface area contributed by atoms with E-state index >= 15 is 0 Å². The van der Waals surface area contributed by atoms with Crippen LogP contribution in [-0.4, -0.2) is 27.5 Å². The number of nitrogens with one attached hydrogen (secondary N) is 1. The molecule has 2 unspecified atom stereocenters. The summed E-state index contributed by atoms with van der Waals surface area (Å²) in [5, 5.41) is 0. The molecular formula is C4H13NO4P2. The summed E-state index contributed by atoms with van der Waals surface area (Å²) in [4.78, 5) is 2.30. The summed E-state index contributed by atoms with van der Waals surface area (Å²) in [6, 6.07) is 0. The lowest BCUT2D eigenvalue weighted by Gasteiger charge is -2.16. The van der Waals surface area contributed by atoms with Crippen molar-refractivity contribution in [1.82, 2.24) is 4.86 Å². The van der Waals surface area contributed by atoms with Gasteiger partial charge in [0.2, 0.25) is 0 Å². The van der Waals surface area contributed by atoms with Gasteiger partial charge in [0.15, 0.2) is 0 Å². The van der Waals surface area contributed by atoms with Crippen LogP contribution in [0.3, 0.4) is 0 Å². The fraction of sp³-hybridized carbons (Fsp3) is 1.00. The molecule has 1 N–H and O–H groups in total. The van der Waals surface area contributed by atoms with E-state index in [1.54, 1.807) is 0 Å². The molecule has 0 aromatic heterocycles. The Bertz CT molecular complexity index is 194. The van der Waals surface area contributed by atoms with Crippen molar-refractivity contribution in [2.75, 3.05) is 27.5 Å². The van der Waals surface area contributed by atoms with E-state index in [9.17, 15) is 9.13 Å². The Kier molecular flexibility index (Phi) is 3.95. The highest BCUT2D eigenvalue weighted by Crippen LogP contribution is 2.50. The maximum atomic E-state index is 11.2. The van der Waals surface area contributed by atoms with Gasteiger partial charge in [-0.25, -0.2) is 0 Å². The van der Waals surface area contributed by atoms with E-state index in [1.165, 1.54) is 27.5 Å². The number of hydrogen-bond donors (Lipinski definition) is 1. The van der Waals surface area contributed by atoms with Crippen molar-refractivity contribution in [1.29, 1.82) is 0 Å². The Hall–Kier alpha value is 0.340. The lowest BCUT2D eigenvalue weighted by atomic mass is 11.8. The molecule has 0 radical (unpaired) electrons. The van der Waals surface area contributed by atoms with Gasteiger partial charge in [0.25, 0.3) is 15.0 Å². The van der Waals surface area contributed by atoms with Crippen molar-refractivity contribution in [2.24, 2.45) is 0 Å². The quantitative estimate of drug-likeness (QED) is 0.698. The van der Waals surface area contributed by atoms with Crippen molar-refractivity contribution in [3.63, 3.8) is 0 Å². The monoisotopic (exact) mass is 201 g/mol. The number of rotatable bonds is 4. The van der Waals surface area contributed by atoms with Gasteiger partial charge in [-0.15, -0.1) is 0 Å². The molecule has 0 aliphatic heterocycles. The van der Waals surface area contributed by atoms with E-state index in [0.29, 0.717) is 0 Å². The summed E-state index contributed by atoms with van der Waals surface area (Å²) in [6.07, 6.45) is 0. The van der Waals surface area contributed by atoms with Crippen molar-refractivity contribution in [3.05, 3.63) is 0 Å². The fourth-order valence-electron chi connectivity index (χ4n) is 0.412. The first-order chi connectivity index (χ1) is 4.83. The van der Waals surface area contributed by atoms with Crippen LogP contribution in [0.25, 0.3) is 0 Å². The normalized spacial score (nSPS) is 22.2. The van der Waals surface area contributed by atoms with Gasteiger partial charge in [0.05, 0.1) is 0 Å². The van der Waals surface area contributed by atoms with Gasteiger partial charge < -0.3 is 9.05 Å². The summed E-state index contributed by atoms with van der Waals surface area (Å²) < 4.78 is 31.5. The van der Waals surface area contributed by atoms with Gasteiger partial charge in [0.1, 0.15) is 0 Å². The molecular weight excluding hydrogens is 188 g/mol. The van der Waals surface area contributed by atoms with Crippen LogP contribution in [0.15, 0.2) is 0 Å². The Morgan fingerprint density at radius 2 is 1.27 bits per heavy atom. The molecule has 0 aliphatic rings. The standard InChI is InChI=1S/C4H13NO4P2/c1-8-10(3,6)5-11(4,7)9-2/h1-4H3,(H,5,6,7). The van der Waals surface area contributed by atoms with Gasteiger partial charge in [-0.3, -0.25) is 9.13 Å². The molecule has 0 heterocycles. The third kappa shape index (κ3) is 4.72. The van der Waals surface area contributed by atoms with Gasteiger partial charge >= 0.3 is 0 Å². The predicted molar refractivity (Wildman–Crippen MR) is 44.2 cm³/mol. The SMILES string of the molecule is COP(C)(=O)NP(C)(=O)OC. The summed E-state index contributed by atoms with van der Waals surface area (Å²) in [5.41, 5.74) is 0. The maximum absolute atomic E-state index is 11.2. The van der Waals surface area contributed by atoms with Crippen LogP contribution in [-0.2, 0) is 18.2 Å². The van der Waals surface area contributed by atoms with Gasteiger partial charge in [-0.1, -0.05) is 0 Å². The topological polar surface area (TPSA) is 64.6 Å². The molecule has 0 spiro atoms. The van der Waals surface area contributed by atoms with Crippen LogP contribution >= 0.6 is 15.0 Å². The minimum atomic E-state index is -2.95. The van der Waals surface area contributed by atoms with Crippen molar-refractivity contribution < 1.29 is 18.2 Å². The zero-order chi connectivity index (χ0) is 9.12. The lowest BCUT2D eigenvalue weighted by molar-refractivity contribution is 0.375. The van der Waals surface area contributed by atoms with Crippen molar-refractivity contribution in [2.45, 2.75) is 0 Å². The third-order valence-corrected chi connectivity index (χ3v) is 5.36. The van der Waals surface area contributed by atoms with E-state index in [0.717, 1.165) is 0 Å². The molecule has 7 heteroatoms. The van der Waals surface area contributed by atoms with Crippen LogP contribution < -0.4 is 4.86 Å². The second-order valence-electron chi connectivity index (χ2n) is 2.16. The summed E-state index contributed by atoms with van der Waals surface area (Å²) in [5.74, 6) is 0. The first-order valence-corrected chi connectivity index (χ1v) is 7.03. The summed E-state index contributed by atoms with van der Waals surface area (Å²) >= 11 is 0. The third-order valence-electron chi connectivity index (χ3n) is 1.06. The molecule has 0 bridgehead atoms. The molecule has 0 fully saturated rings. The van der Waals surface area contributed by atoms with Gasteiger partial charge in [-0.05, 0) is 0 Å². The average molecular weight is 201 g/mol. The molecule has 0 aromatic rings. The Morgan fingerprint density at radius 1 is 1.00 bits per heavy atom. The molecule has 11 heavy (non-hydrogen) atoms. The van der Waals surface area contributed by atoms with E-state index in [-0.39, 0.29) is 0 Å². The van der Waals surface area contributed by atoms with E-state index in [2.05, 4.69) is 13.9 Å². The largest absolute Gasteiger partial charge is 0.321 e. The summed E-state index contributed by atoms with van der Waals surface area (Å²) in [7, 11) is -3.34. The van der Waals surface area contributed by atoms with Crippen LogP contribution in [0.5, 0.6) is 0 Å². The average Bonchev–Trinajstić information content (AvgIpc) is 1.86. The second kappa shape index (κ2) is 3.83. The van der Waals surface area contributed by atoms with E-state index in [1.807, 2.05) is 0 Å². The molecule has 0 amide bonds. The Balaban J connectivity index is 4.26. The van der Waals surface area contributed by atoms with Crippen molar-refractivity contribution >= 4 is 15.0 Å². The smallest absolute Gasteiger partial charge is 0.273 e. The molecule has 0 saturated carbocycles. The van der Waals surface area contributed by atoms with E-state index in [4.69, 9.17) is 0 Å². The Labute approximate surface area is 66.5 Å². The molecule has 0 saturated heterocycles. The first-order valence-electron chi connectivity index (χ1n) is 2.89. The molecule has 2 atom stereocenters.